The van der Waals surface area contributed by atoms with E-state index in [1.165, 1.54) is 6.20 Å². The third kappa shape index (κ3) is 2.30. The molecule has 2 N–H and O–H groups in total. The van der Waals surface area contributed by atoms with Gasteiger partial charge in [-0.05, 0) is 26.7 Å². The summed E-state index contributed by atoms with van der Waals surface area (Å²) in [7, 11) is 0. The molecule has 5 nitrogen and oxygen atoms in total. The molecule has 2 unspecified atom stereocenters. The van der Waals surface area contributed by atoms with Gasteiger partial charge in [-0.1, -0.05) is 0 Å². The van der Waals surface area contributed by atoms with E-state index in [1.54, 1.807) is 0 Å². The summed E-state index contributed by atoms with van der Waals surface area (Å²) in [4.78, 5) is 10.7. The van der Waals surface area contributed by atoms with Crippen molar-refractivity contribution in [2.75, 3.05) is 18.0 Å². The Kier molecular flexibility index (Phi) is 3.36. The molecule has 6 heteroatoms. The second kappa shape index (κ2) is 5.02. The van der Waals surface area contributed by atoms with Gasteiger partial charge in [0.25, 0.3) is 0 Å². The van der Waals surface area contributed by atoms with Gasteiger partial charge < -0.3 is 4.90 Å². The van der Waals surface area contributed by atoms with Crippen LogP contribution in [0.25, 0.3) is 0 Å². The molecular formula is C13H20FN5. The first kappa shape index (κ1) is 12.7. The Bertz CT molecular complexity index is 450. The summed E-state index contributed by atoms with van der Waals surface area (Å²) in [5, 5.41) is 0. The normalized spacial score (nSPS) is 31.1. The molecule has 1 aromatic heterocycles. The Balaban J connectivity index is 1.92. The number of hydrogen-bond acceptors (Lipinski definition) is 5. The van der Waals surface area contributed by atoms with Crippen molar-refractivity contribution in [3.05, 3.63) is 17.8 Å². The summed E-state index contributed by atoms with van der Waals surface area (Å²) >= 11 is 0. The summed E-state index contributed by atoms with van der Waals surface area (Å²) in [6, 6.07) is 0.485. The fourth-order valence-electron chi connectivity index (χ4n) is 3.01. The summed E-state index contributed by atoms with van der Waals surface area (Å²) in [5.41, 5.74) is 6.37. The highest BCUT2D eigenvalue weighted by molar-refractivity contribution is 5.40. The SMILES string of the molecule is CC1NNC(C)C1c1ncc(F)c(N2CCCC2)n1. The van der Waals surface area contributed by atoms with Crippen molar-refractivity contribution in [3.8, 4) is 0 Å². The third-order valence-corrected chi connectivity index (χ3v) is 4.06. The lowest BCUT2D eigenvalue weighted by Gasteiger charge is -2.21. The van der Waals surface area contributed by atoms with Crippen LogP contribution in [-0.2, 0) is 0 Å². The molecule has 104 valence electrons. The minimum Gasteiger partial charge on any atom is -0.354 e. The van der Waals surface area contributed by atoms with Gasteiger partial charge in [0.05, 0.1) is 12.1 Å². The van der Waals surface area contributed by atoms with E-state index >= 15 is 0 Å². The summed E-state index contributed by atoms with van der Waals surface area (Å²) in [6.07, 6.45) is 3.53. The number of hydrogen-bond donors (Lipinski definition) is 2. The molecule has 0 aliphatic carbocycles. The molecule has 2 aliphatic rings. The number of rotatable bonds is 2. The van der Waals surface area contributed by atoms with Gasteiger partial charge in [-0.2, -0.15) is 0 Å². The van der Waals surface area contributed by atoms with Gasteiger partial charge in [-0.25, -0.2) is 14.4 Å². The van der Waals surface area contributed by atoms with E-state index in [9.17, 15) is 4.39 Å². The summed E-state index contributed by atoms with van der Waals surface area (Å²) < 4.78 is 13.9. The van der Waals surface area contributed by atoms with Crippen molar-refractivity contribution in [1.82, 2.24) is 20.8 Å². The molecule has 2 aliphatic heterocycles. The predicted molar refractivity (Wildman–Crippen MR) is 71.4 cm³/mol. The van der Waals surface area contributed by atoms with Crippen LogP contribution in [0.4, 0.5) is 10.2 Å². The van der Waals surface area contributed by atoms with Crippen LogP contribution in [-0.4, -0.2) is 35.1 Å². The minimum absolute atomic E-state index is 0.168. The highest BCUT2D eigenvalue weighted by Gasteiger charge is 2.34. The topological polar surface area (TPSA) is 53.1 Å². The molecule has 1 aromatic rings. The molecule has 2 saturated heterocycles. The van der Waals surface area contributed by atoms with Crippen LogP contribution in [0.5, 0.6) is 0 Å². The summed E-state index contributed by atoms with van der Waals surface area (Å²) in [6.45, 7) is 5.95. The Morgan fingerprint density at radius 2 is 1.84 bits per heavy atom. The first-order chi connectivity index (χ1) is 9.16. The van der Waals surface area contributed by atoms with Crippen LogP contribution in [0.3, 0.4) is 0 Å². The van der Waals surface area contributed by atoms with E-state index in [0.29, 0.717) is 5.82 Å². The van der Waals surface area contributed by atoms with Gasteiger partial charge in [0.2, 0.25) is 0 Å². The van der Waals surface area contributed by atoms with Crippen LogP contribution in [0.1, 0.15) is 38.4 Å². The zero-order chi connectivity index (χ0) is 13.4. The fraction of sp³-hybridized carbons (Fsp3) is 0.692. The molecule has 2 atom stereocenters. The molecule has 0 spiro atoms. The molecule has 2 fully saturated rings. The van der Waals surface area contributed by atoms with Crippen molar-refractivity contribution in [2.24, 2.45) is 0 Å². The number of anilines is 1. The standard InChI is InChI=1S/C13H20FN5/c1-8-11(9(2)18-17-8)12-15-7-10(14)13(16-12)19-5-3-4-6-19/h7-9,11,17-18H,3-6H2,1-2H3. The smallest absolute Gasteiger partial charge is 0.183 e. The van der Waals surface area contributed by atoms with Crippen molar-refractivity contribution in [3.63, 3.8) is 0 Å². The highest BCUT2D eigenvalue weighted by atomic mass is 19.1. The fourth-order valence-corrected chi connectivity index (χ4v) is 3.01. The second-order valence-electron chi connectivity index (χ2n) is 5.49. The number of aromatic nitrogens is 2. The Morgan fingerprint density at radius 3 is 2.47 bits per heavy atom. The zero-order valence-corrected chi connectivity index (χ0v) is 11.4. The van der Waals surface area contributed by atoms with E-state index < -0.39 is 0 Å². The maximum absolute atomic E-state index is 13.9. The monoisotopic (exact) mass is 265 g/mol. The van der Waals surface area contributed by atoms with Crippen molar-refractivity contribution in [1.29, 1.82) is 0 Å². The lowest BCUT2D eigenvalue weighted by atomic mass is 9.96. The molecule has 3 rings (SSSR count). The van der Waals surface area contributed by atoms with Crippen LogP contribution < -0.4 is 15.8 Å². The van der Waals surface area contributed by atoms with Crippen molar-refractivity contribution < 1.29 is 4.39 Å². The first-order valence-electron chi connectivity index (χ1n) is 6.95. The minimum atomic E-state index is -0.315. The quantitative estimate of drug-likeness (QED) is 0.841. The Hall–Kier alpha value is -1.27. The molecule has 0 saturated carbocycles. The van der Waals surface area contributed by atoms with E-state index in [2.05, 4.69) is 34.7 Å². The zero-order valence-electron chi connectivity index (χ0n) is 11.4. The lowest BCUT2D eigenvalue weighted by Crippen LogP contribution is -2.30. The molecule has 0 bridgehead atoms. The third-order valence-electron chi connectivity index (χ3n) is 4.06. The van der Waals surface area contributed by atoms with Crippen LogP contribution >= 0.6 is 0 Å². The maximum atomic E-state index is 13.9. The largest absolute Gasteiger partial charge is 0.354 e. The summed E-state index contributed by atoms with van der Waals surface area (Å²) in [5.74, 6) is 1.04. The number of nitrogens with zero attached hydrogens (tertiary/aromatic N) is 3. The van der Waals surface area contributed by atoms with Gasteiger partial charge >= 0.3 is 0 Å². The molecule has 0 aromatic carbocycles. The average molecular weight is 265 g/mol. The number of hydrazine groups is 1. The molecule has 19 heavy (non-hydrogen) atoms. The highest BCUT2D eigenvalue weighted by Crippen LogP contribution is 2.27. The van der Waals surface area contributed by atoms with Crippen molar-refractivity contribution >= 4 is 5.82 Å². The van der Waals surface area contributed by atoms with Gasteiger partial charge in [-0.15, -0.1) is 0 Å². The average Bonchev–Trinajstić information content (AvgIpc) is 3.02. The van der Waals surface area contributed by atoms with Crippen LogP contribution in [0, 0.1) is 5.82 Å². The first-order valence-corrected chi connectivity index (χ1v) is 6.95. The van der Waals surface area contributed by atoms with E-state index in [0.717, 1.165) is 31.8 Å². The van der Waals surface area contributed by atoms with Gasteiger partial charge in [-0.3, -0.25) is 10.9 Å². The second-order valence-corrected chi connectivity index (χ2v) is 5.49. The molecule has 3 heterocycles. The Labute approximate surface area is 112 Å². The number of halogens is 1. The van der Waals surface area contributed by atoms with Gasteiger partial charge in [0, 0.05) is 25.2 Å². The van der Waals surface area contributed by atoms with Crippen LogP contribution in [0.15, 0.2) is 6.20 Å². The molecule has 0 amide bonds. The predicted octanol–water partition coefficient (Wildman–Crippen LogP) is 1.18. The van der Waals surface area contributed by atoms with Gasteiger partial charge in [0.15, 0.2) is 11.6 Å². The number of nitrogens with one attached hydrogen (secondary N) is 2. The van der Waals surface area contributed by atoms with Crippen LogP contribution in [0.2, 0.25) is 0 Å². The van der Waals surface area contributed by atoms with Crippen molar-refractivity contribution in [2.45, 2.75) is 44.7 Å². The Morgan fingerprint density at radius 1 is 1.21 bits per heavy atom. The molecular weight excluding hydrogens is 245 g/mol. The maximum Gasteiger partial charge on any atom is 0.183 e. The lowest BCUT2D eigenvalue weighted by molar-refractivity contribution is 0.531. The van der Waals surface area contributed by atoms with Gasteiger partial charge in [0.1, 0.15) is 5.82 Å². The van der Waals surface area contributed by atoms with E-state index in [1.807, 2.05) is 4.90 Å². The van der Waals surface area contributed by atoms with E-state index in [-0.39, 0.29) is 23.8 Å². The van der Waals surface area contributed by atoms with E-state index in [4.69, 9.17) is 0 Å². The molecule has 0 radical (unpaired) electrons.